The first-order chi connectivity index (χ1) is 15.9. The van der Waals surface area contributed by atoms with Crippen LogP contribution in [0.3, 0.4) is 0 Å². The highest BCUT2D eigenvalue weighted by atomic mass is 16.2. The zero-order valence-corrected chi connectivity index (χ0v) is 19.9. The van der Waals surface area contributed by atoms with Crippen LogP contribution in [0.5, 0.6) is 0 Å². The Balaban J connectivity index is 0.000000243. The summed E-state index contributed by atoms with van der Waals surface area (Å²) in [5.74, 6) is 1.74. The fraction of sp³-hybridized carbons (Fsp3) is 0.840. The van der Waals surface area contributed by atoms with Gasteiger partial charge in [0, 0.05) is 24.2 Å². The van der Waals surface area contributed by atoms with Gasteiger partial charge in [-0.25, -0.2) is 0 Å². The normalized spacial score (nSPS) is 38.4. The predicted octanol–water partition coefficient (Wildman–Crippen LogP) is 1.92. The van der Waals surface area contributed by atoms with Crippen molar-refractivity contribution < 1.29 is 9.59 Å². The predicted molar refractivity (Wildman–Crippen MR) is 124 cm³/mol. The average molecular weight is 455 g/mol. The van der Waals surface area contributed by atoms with Gasteiger partial charge in [-0.2, -0.15) is 10.5 Å². The van der Waals surface area contributed by atoms with Gasteiger partial charge >= 0.3 is 0 Å². The molecule has 33 heavy (non-hydrogen) atoms. The summed E-state index contributed by atoms with van der Waals surface area (Å²) in [6.45, 7) is 5.14. The minimum atomic E-state index is -0.205. The molecule has 0 spiro atoms. The van der Waals surface area contributed by atoms with E-state index in [4.69, 9.17) is 5.26 Å². The third-order valence-electron chi connectivity index (χ3n) is 8.53. The molecule has 4 saturated carbocycles. The van der Waals surface area contributed by atoms with Gasteiger partial charge in [-0.3, -0.25) is 9.59 Å². The molecule has 6 fully saturated rings. The van der Waals surface area contributed by atoms with E-state index < -0.39 is 0 Å². The summed E-state index contributed by atoms with van der Waals surface area (Å²) in [5.41, 5.74) is 0.446. The minimum Gasteiger partial charge on any atom is -0.329 e. The maximum absolute atomic E-state index is 12.6. The van der Waals surface area contributed by atoms with Crippen LogP contribution >= 0.6 is 0 Å². The topological polar surface area (TPSA) is 112 Å². The van der Waals surface area contributed by atoms with E-state index >= 15 is 0 Å². The molecule has 2 aliphatic heterocycles. The third kappa shape index (κ3) is 5.03. The van der Waals surface area contributed by atoms with Crippen molar-refractivity contribution in [3.05, 3.63) is 0 Å². The minimum absolute atomic E-state index is 0.118. The number of rotatable bonds is 6. The lowest BCUT2D eigenvalue weighted by molar-refractivity contribution is -0.131. The van der Waals surface area contributed by atoms with Crippen LogP contribution in [0.25, 0.3) is 0 Å². The molecule has 2 saturated heterocycles. The van der Waals surface area contributed by atoms with Gasteiger partial charge in [0.05, 0.1) is 18.7 Å². The van der Waals surface area contributed by atoms with E-state index in [1.807, 2.05) is 0 Å². The van der Waals surface area contributed by atoms with E-state index in [1.165, 1.54) is 32.1 Å². The number of nitrogens with one attached hydrogen (secondary N) is 2. The number of nitriles is 2. The van der Waals surface area contributed by atoms with Gasteiger partial charge in [0.2, 0.25) is 12.3 Å². The molecule has 8 heteroatoms. The first kappa shape index (κ1) is 24.0. The van der Waals surface area contributed by atoms with Gasteiger partial charge in [-0.05, 0) is 82.6 Å². The van der Waals surface area contributed by atoms with Crippen molar-refractivity contribution in [2.24, 2.45) is 11.8 Å². The summed E-state index contributed by atoms with van der Waals surface area (Å²) < 4.78 is 0. The molecule has 4 unspecified atom stereocenters. The van der Waals surface area contributed by atoms with Gasteiger partial charge < -0.3 is 20.4 Å². The molecule has 4 aliphatic carbocycles. The maximum Gasteiger partial charge on any atom is 0.237 e. The standard InChI is InChI=1S/C19H30N4O.C6H8N2O/c1-2-21-18-7-14-6-15(8-18)10-19(9-14,13-18)22-12-17(24)23-5-3-4-16(23)11-20;7-4-6-2-1-3-8(6)5-9/h14-16,21-22H,2-10,12-13H2,1H3;5-6H,1-3H2. The number of nitrogens with zero attached hydrogens (tertiary/aromatic N) is 4. The van der Waals surface area contributed by atoms with Gasteiger partial charge in [0.15, 0.2) is 0 Å². The SMILES string of the molecule is CCNC12CC3CC(C1)CC(NCC(=O)N1CCCC1C#N)(C3)C2.N#CC1CCCN1C=O. The molecule has 0 aromatic heterocycles. The first-order valence-corrected chi connectivity index (χ1v) is 12.8. The summed E-state index contributed by atoms with van der Waals surface area (Å²) in [6.07, 6.45) is 12.0. The van der Waals surface area contributed by atoms with Crippen molar-refractivity contribution in [3.63, 3.8) is 0 Å². The third-order valence-corrected chi connectivity index (χ3v) is 8.53. The second-order valence-electron chi connectivity index (χ2n) is 10.9. The zero-order chi connectivity index (χ0) is 23.5. The first-order valence-electron chi connectivity index (χ1n) is 12.8. The fourth-order valence-electron chi connectivity index (χ4n) is 7.67. The Hall–Kier alpha value is -2.16. The second-order valence-corrected chi connectivity index (χ2v) is 10.9. The molecule has 6 aliphatic rings. The summed E-state index contributed by atoms with van der Waals surface area (Å²) >= 11 is 0. The van der Waals surface area contributed by atoms with Gasteiger partial charge in [0.1, 0.15) is 12.1 Å². The maximum atomic E-state index is 12.6. The van der Waals surface area contributed by atoms with Gasteiger partial charge in [-0.15, -0.1) is 0 Å². The van der Waals surface area contributed by atoms with Crippen LogP contribution < -0.4 is 10.6 Å². The quantitative estimate of drug-likeness (QED) is 0.593. The molecule has 0 aromatic carbocycles. The number of carbonyl (C=O) groups excluding carboxylic acids is 2. The van der Waals surface area contributed by atoms with Crippen molar-refractivity contribution in [2.45, 2.75) is 94.3 Å². The lowest BCUT2D eigenvalue weighted by Crippen LogP contribution is -2.69. The van der Waals surface area contributed by atoms with E-state index in [0.29, 0.717) is 12.1 Å². The Labute approximate surface area is 197 Å². The van der Waals surface area contributed by atoms with Gasteiger partial charge in [-0.1, -0.05) is 6.92 Å². The molecule has 2 heterocycles. The van der Waals surface area contributed by atoms with Crippen LogP contribution in [0.4, 0.5) is 0 Å². The van der Waals surface area contributed by atoms with E-state index in [-0.39, 0.29) is 23.5 Å². The molecular weight excluding hydrogens is 416 g/mol. The summed E-state index contributed by atoms with van der Waals surface area (Å²) in [7, 11) is 0. The van der Waals surface area contributed by atoms with Crippen LogP contribution in [0.1, 0.15) is 71.1 Å². The fourth-order valence-corrected chi connectivity index (χ4v) is 7.67. The lowest BCUT2D eigenvalue weighted by Gasteiger charge is -2.62. The van der Waals surface area contributed by atoms with Crippen molar-refractivity contribution in [1.82, 2.24) is 20.4 Å². The van der Waals surface area contributed by atoms with Gasteiger partial charge in [0.25, 0.3) is 0 Å². The summed E-state index contributed by atoms with van der Waals surface area (Å²) in [5, 5.41) is 25.1. The Morgan fingerprint density at radius 1 is 1.00 bits per heavy atom. The van der Waals surface area contributed by atoms with E-state index in [1.54, 1.807) is 9.80 Å². The second kappa shape index (κ2) is 9.99. The van der Waals surface area contributed by atoms with E-state index in [0.717, 1.165) is 70.0 Å². The highest BCUT2D eigenvalue weighted by molar-refractivity contribution is 5.79. The Morgan fingerprint density at radius 3 is 2.18 bits per heavy atom. The Kier molecular flexibility index (Phi) is 7.26. The van der Waals surface area contributed by atoms with Crippen molar-refractivity contribution in [1.29, 1.82) is 10.5 Å². The van der Waals surface area contributed by atoms with Crippen molar-refractivity contribution in [3.8, 4) is 12.1 Å². The van der Waals surface area contributed by atoms with Crippen LogP contribution in [-0.2, 0) is 9.59 Å². The van der Waals surface area contributed by atoms with E-state index in [9.17, 15) is 14.9 Å². The number of hydrogen-bond acceptors (Lipinski definition) is 6. The number of likely N-dealkylation sites (tertiary alicyclic amines) is 2. The number of hydrogen-bond donors (Lipinski definition) is 2. The molecular formula is C25H38N6O2. The number of amides is 2. The zero-order valence-electron chi connectivity index (χ0n) is 19.9. The number of carbonyl (C=O) groups is 2. The molecule has 0 radical (unpaired) electrons. The van der Waals surface area contributed by atoms with Crippen molar-refractivity contribution >= 4 is 12.3 Å². The largest absolute Gasteiger partial charge is 0.329 e. The van der Waals surface area contributed by atoms with Crippen LogP contribution in [0.15, 0.2) is 0 Å². The smallest absolute Gasteiger partial charge is 0.237 e. The molecule has 0 aromatic rings. The average Bonchev–Trinajstić information content (AvgIpc) is 3.46. The van der Waals surface area contributed by atoms with E-state index in [2.05, 4.69) is 29.7 Å². The Bertz CT molecular complexity index is 803. The summed E-state index contributed by atoms with van der Waals surface area (Å²) in [4.78, 5) is 26.1. The molecule has 6 rings (SSSR count). The summed E-state index contributed by atoms with van der Waals surface area (Å²) in [6, 6.07) is 3.98. The highest BCUT2D eigenvalue weighted by Gasteiger charge is 2.57. The van der Waals surface area contributed by atoms with Crippen LogP contribution in [0.2, 0.25) is 0 Å². The molecule has 8 nitrogen and oxygen atoms in total. The monoisotopic (exact) mass is 454 g/mol. The lowest BCUT2D eigenvalue weighted by atomic mass is 9.50. The van der Waals surface area contributed by atoms with Crippen LogP contribution in [-0.4, -0.2) is 71.5 Å². The molecule has 4 bridgehead atoms. The molecule has 2 amide bonds. The van der Waals surface area contributed by atoms with Crippen LogP contribution in [0, 0.1) is 34.5 Å². The molecule has 180 valence electrons. The Morgan fingerprint density at radius 2 is 1.61 bits per heavy atom. The van der Waals surface area contributed by atoms with Crippen molar-refractivity contribution in [2.75, 3.05) is 26.2 Å². The highest BCUT2D eigenvalue weighted by Crippen LogP contribution is 2.57. The molecule has 4 atom stereocenters. The molecule has 2 N–H and O–H groups in total.